The lowest BCUT2D eigenvalue weighted by Crippen LogP contribution is -2.20. The first-order valence-electron chi connectivity index (χ1n) is 9.48. The summed E-state index contributed by atoms with van der Waals surface area (Å²) >= 11 is 9.35. The quantitative estimate of drug-likeness (QED) is 0.381. The molecule has 2 heterocycles. The van der Waals surface area contributed by atoms with Gasteiger partial charge in [0.25, 0.3) is 5.91 Å². The van der Waals surface area contributed by atoms with E-state index in [2.05, 4.69) is 55.7 Å². The summed E-state index contributed by atoms with van der Waals surface area (Å²) < 4.78 is 9.62. The molecule has 0 aliphatic carbocycles. The van der Waals surface area contributed by atoms with E-state index in [0.717, 1.165) is 5.56 Å². The average Bonchev–Trinajstić information content (AvgIpc) is 3.36. The van der Waals surface area contributed by atoms with E-state index in [4.69, 9.17) is 16.3 Å². The highest BCUT2D eigenvalue weighted by Crippen LogP contribution is 2.22. The number of aromatic nitrogens is 4. The summed E-state index contributed by atoms with van der Waals surface area (Å²) in [6, 6.07) is 16.8. The first-order chi connectivity index (χ1) is 15.0. The molecule has 0 bridgehead atoms. The zero-order valence-corrected chi connectivity index (χ0v) is 19.0. The van der Waals surface area contributed by atoms with Gasteiger partial charge in [-0.3, -0.25) is 9.48 Å². The minimum atomic E-state index is -0.335. The van der Waals surface area contributed by atoms with E-state index in [1.807, 2.05) is 13.1 Å². The number of rotatable bonds is 7. The third-order valence-electron chi connectivity index (χ3n) is 4.53. The van der Waals surface area contributed by atoms with Crippen molar-refractivity contribution in [2.24, 2.45) is 0 Å². The molecule has 0 atom stereocenters. The zero-order chi connectivity index (χ0) is 21.8. The molecule has 0 radical (unpaired) electrons. The molecule has 2 aromatic carbocycles. The molecular weight excluding hydrogens is 482 g/mol. The normalized spacial score (nSPS) is 10.8. The highest BCUT2D eigenvalue weighted by molar-refractivity contribution is 9.10. The molecule has 0 fully saturated rings. The van der Waals surface area contributed by atoms with Crippen molar-refractivity contribution >= 4 is 39.3 Å². The second-order valence-electron chi connectivity index (χ2n) is 6.91. The summed E-state index contributed by atoms with van der Waals surface area (Å²) in [6.07, 6.45) is 3.38. The third-order valence-corrected chi connectivity index (χ3v) is 5.36. The standard InChI is InChI=1S/C22H19BrClN5O2/c1-15-2-4-16(5-3-15)12-28-13-19(23)21(27-28)26-22(30)20-10-11-25-29(20)14-31-18-8-6-17(24)7-9-18/h2-11,13H,12,14H2,1H3,(H,26,27,30). The molecule has 0 unspecified atom stereocenters. The number of hydrogen-bond acceptors (Lipinski definition) is 4. The molecule has 0 spiro atoms. The van der Waals surface area contributed by atoms with Crippen LogP contribution in [0.2, 0.25) is 5.02 Å². The lowest BCUT2D eigenvalue weighted by Gasteiger charge is -2.09. The predicted octanol–water partition coefficient (Wildman–Crippen LogP) is 5.14. The Morgan fingerprint density at radius 1 is 1.13 bits per heavy atom. The Morgan fingerprint density at radius 2 is 1.87 bits per heavy atom. The van der Waals surface area contributed by atoms with Gasteiger partial charge in [0.15, 0.2) is 12.5 Å². The molecule has 2 aromatic heterocycles. The van der Waals surface area contributed by atoms with E-state index in [0.29, 0.717) is 33.3 Å². The van der Waals surface area contributed by atoms with E-state index < -0.39 is 0 Å². The van der Waals surface area contributed by atoms with Crippen LogP contribution in [-0.2, 0) is 13.3 Å². The molecule has 0 aliphatic rings. The van der Waals surface area contributed by atoms with Gasteiger partial charge in [0.1, 0.15) is 11.4 Å². The number of amides is 1. The van der Waals surface area contributed by atoms with Crippen LogP contribution in [0.15, 0.2) is 71.5 Å². The van der Waals surface area contributed by atoms with Gasteiger partial charge in [-0.1, -0.05) is 41.4 Å². The molecule has 4 aromatic rings. The topological polar surface area (TPSA) is 74.0 Å². The van der Waals surface area contributed by atoms with Crippen LogP contribution in [-0.4, -0.2) is 25.5 Å². The van der Waals surface area contributed by atoms with Crippen molar-refractivity contribution in [1.82, 2.24) is 19.6 Å². The summed E-state index contributed by atoms with van der Waals surface area (Å²) in [4.78, 5) is 12.8. The molecule has 1 N–H and O–H groups in total. The first-order valence-corrected chi connectivity index (χ1v) is 10.6. The van der Waals surface area contributed by atoms with E-state index in [9.17, 15) is 4.79 Å². The van der Waals surface area contributed by atoms with Crippen LogP contribution in [0.1, 0.15) is 21.6 Å². The summed E-state index contributed by atoms with van der Waals surface area (Å²) in [7, 11) is 0. The lowest BCUT2D eigenvalue weighted by molar-refractivity contribution is 0.100. The Bertz CT molecular complexity index is 1190. The minimum absolute atomic E-state index is 0.0837. The third kappa shape index (κ3) is 5.34. The molecular formula is C22H19BrClN5O2. The van der Waals surface area contributed by atoms with Crippen molar-refractivity contribution in [3.8, 4) is 5.75 Å². The number of benzene rings is 2. The maximum absolute atomic E-state index is 12.8. The number of nitrogens with one attached hydrogen (secondary N) is 1. The number of aryl methyl sites for hydroxylation is 1. The molecule has 1 amide bonds. The Labute approximate surface area is 192 Å². The van der Waals surface area contributed by atoms with Crippen molar-refractivity contribution < 1.29 is 9.53 Å². The van der Waals surface area contributed by atoms with Crippen molar-refractivity contribution in [1.29, 1.82) is 0 Å². The fourth-order valence-corrected chi connectivity index (χ4v) is 3.45. The predicted molar refractivity (Wildman–Crippen MR) is 122 cm³/mol. The molecule has 31 heavy (non-hydrogen) atoms. The monoisotopic (exact) mass is 499 g/mol. The Balaban J connectivity index is 1.42. The van der Waals surface area contributed by atoms with Gasteiger partial charge in [-0.05, 0) is 58.7 Å². The maximum Gasteiger partial charge on any atom is 0.275 e. The second-order valence-corrected chi connectivity index (χ2v) is 8.20. The molecule has 7 nitrogen and oxygen atoms in total. The van der Waals surface area contributed by atoms with E-state index >= 15 is 0 Å². The highest BCUT2D eigenvalue weighted by atomic mass is 79.9. The van der Waals surface area contributed by atoms with Gasteiger partial charge in [0.05, 0.1) is 11.0 Å². The summed E-state index contributed by atoms with van der Waals surface area (Å²) in [5.74, 6) is 0.728. The fraction of sp³-hybridized carbons (Fsp3) is 0.136. The minimum Gasteiger partial charge on any atom is -0.471 e. The van der Waals surface area contributed by atoms with Gasteiger partial charge in [0.2, 0.25) is 0 Å². The van der Waals surface area contributed by atoms with Gasteiger partial charge in [0, 0.05) is 17.4 Å². The van der Waals surface area contributed by atoms with E-state index in [-0.39, 0.29) is 12.6 Å². The summed E-state index contributed by atoms with van der Waals surface area (Å²) in [5, 5.41) is 12.1. The number of nitrogens with zero attached hydrogens (tertiary/aromatic N) is 4. The number of ether oxygens (including phenoxy) is 1. The molecule has 0 aliphatic heterocycles. The highest BCUT2D eigenvalue weighted by Gasteiger charge is 2.16. The SMILES string of the molecule is Cc1ccc(Cn2cc(Br)c(NC(=O)c3ccnn3COc3ccc(Cl)cc3)n2)cc1. The molecule has 9 heteroatoms. The second kappa shape index (κ2) is 9.36. The first kappa shape index (κ1) is 21.1. The maximum atomic E-state index is 12.8. The van der Waals surface area contributed by atoms with Crippen molar-refractivity contribution in [3.63, 3.8) is 0 Å². The van der Waals surface area contributed by atoms with Crippen molar-refractivity contribution in [2.45, 2.75) is 20.2 Å². The van der Waals surface area contributed by atoms with Gasteiger partial charge in [-0.25, -0.2) is 4.68 Å². The van der Waals surface area contributed by atoms with Gasteiger partial charge < -0.3 is 10.1 Å². The van der Waals surface area contributed by atoms with Crippen LogP contribution in [0.5, 0.6) is 5.75 Å². The van der Waals surface area contributed by atoms with Crippen LogP contribution < -0.4 is 10.1 Å². The number of anilines is 1. The van der Waals surface area contributed by atoms with Gasteiger partial charge in [-0.2, -0.15) is 10.2 Å². The van der Waals surface area contributed by atoms with E-state index in [1.54, 1.807) is 41.2 Å². The molecule has 0 saturated carbocycles. The summed E-state index contributed by atoms with van der Waals surface area (Å²) in [6.45, 7) is 2.73. The van der Waals surface area contributed by atoms with Crippen LogP contribution in [0.25, 0.3) is 0 Å². The van der Waals surface area contributed by atoms with Gasteiger partial charge >= 0.3 is 0 Å². The van der Waals surface area contributed by atoms with Crippen LogP contribution in [0.3, 0.4) is 0 Å². The number of halogens is 2. The van der Waals surface area contributed by atoms with Crippen molar-refractivity contribution in [3.05, 3.63) is 93.3 Å². The fourth-order valence-electron chi connectivity index (χ4n) is 2.91. The smallest absolute Gasteiger partial charge is 0.275 e. The molecule has 0 saturated heterocycles. The van der Waals surface area contributed by atoms with Crippen molar-refractivity contribution in [2.75, 3.05) is 5.32 Å². The van der Waals surface area contributed by atoms with Crippen LogP contribution >= 0.6 is 27.5 Å². The molecule has 4 rings (SSSR count). The Kier molecular flexibility index (Phi) is 6.39. The van der Waals surface area contributed by atoms with Crippen LogP contribution in [0, 0.1) is 6.92 Å². The molecule has 158 valence electrons. The number of carbonyl (C=O) groups excluding carboxylic acids is 1. The Hall–Kier alpha value is -3.10. The number of carbonyl (C=O) groups is 1. The van der Waals surface area contributed by atoms with Crippen LogP contribution in [0.4, 0.5) is 5.82 Å². The largest absolute Gasteiger partial charge is 0.471 e. The summed E-state index contributed by atoms with van der Waals surface area (Å²) in [5.41, 5.74) is 2.68. The Morgan fingerprint density at radius 3 is 2.61 bits per heavy atom. The zero-order valence-electron chi connectivity index (χ0n) is 16.6. The average molecular weight is 501 g/mol. The van der Waals surface area contributed by atoms with Gasteiger partial charge in [-0.15, -0.1) is 0 Å². The number of hydrogen-bond donors (Lipinski definition) is 1. The lowest BCUT2D eigenvalue weighted by atomic mass is 10.1. The van der Waals surface area contributed by atoms with E-state index in [1.165, 1.54) is 10.2 Å².